The van der Waals surface area contributed by atoms with E-state index in [0.29, 0.717) is 25.7 Å². The van der Waals surface area contributed by atoms with Gasteiger partial charge in [0.1, 0.15) is 17.2 Å². The molecule has 1 saturated heterocycles. The molecule has 2 N–H and O–H groups in total. The fraction of sp³-hybridized carbons (Fsp3) is 0.440. The standard InChI is InChI=1S/C25H27FN4O4S/c26-15-13-20-22(27-14-15)29(18-9-11-35-12-10-18)25(34)30(24(20)33)17-7-5-16(6-8-17)28-23(32)19-3-1-2-4-21(19)31/h1-4,13-14,16-18,31H,5-12H2,(H,28,32). The van der Waals surface area contributed by atoms with Crippen LogP contribution in [0.2, 0.25) is 0 Å². The summed E-state index contributed by atoms with van der Waals surface area (Å²) < 4.78 is 16.9. The molecule has 5 rings (SSSR count). The summed E-state index contributed by atoms with van der Waals surface area (Å²) in [4.78, 5) is 43.7. The van der Waals surface area contributed by atoms with Crippen molar-refractivity contribution in [1.82, 2.24) is 19.4 Å². The van der Waals surface area contributed by atoms with Crippen molar-refractivity contribution in [2.24, 2.45) is 0 Å². The van der Waals surface area contributed by atoms with Gasteiger partial charge in [-0.25, -0.2) is 14.2 Å². The number of pyridine rings is 1. The number of nitrogens with zero attached hydrogens (tertiary/aromatic N) is 3. The number of hydrogen-bond donors (Lipinski definition) is 2. The highest BCUT2D eigenvalue weighted by Crippen LogP contribution is 2.30. The lowest BCUT2D eigenvalue weighted by Crippen LogP contribution is -2.46. The maximum absolute atomic E-state index is 14.0. The molecule has 8 nitrogen and oxygen atoms in total. The van der Waals surface area contributed by atoms with Crippen LogP contribution in [0, 0.1) is 5.82 Å². The number of para-hydroxylation sites is 1. The summed E-state index contributed by atoms with van der Waals surface area (Å²) >= 11 is 1.83. The van der Waals surface area contributed by atoms with Gasteiger partial charge in [0.05, 0.1) is 17.1 Å². The van der Waals surface area contributed by atoms with E-state index in [9.17, 15) is 23.9 Å². The zero-order chi connectivity index (χ0) is 24.5. The first-order chi connectivity index (χ1) is 16.9. The second kappa shape index (κ2) is 9.85. The molecule has 2 fully saturated rings. The van der Waals surface area contributed by atoms with Crippen LogP contribution in [0.25, 0.3) is 11.0 Å². The number of carbonyl (C=O) groups is 1. The highest BCUT2D eigenvalue weighted by molar-refractivity contribution is 7.99. The smallest absolute Gasteiger partial charge is 0.333 e. The predicted molar refractivity (Wildman–Crippen MR) is 133 cm³/mol. The lowest BCUT2D eigenvalue weighted by molar-refractivity contribution is 0.0919. The minimum Gasteiger partial charge on any atom is -0.507 e. The largest absolute Gasteiger partial charge is 0.507 e. The third-order valence-corrected chi connectivity index (χ3v) is 8.07. The Labute approximate surface area is 205 Å². The zero-order valence-corrected chi connectivity index (χ0v) is 20.0. The Hall–Kier alpha value is -3.14. The van der Waals surface area contributed by atoms with Crippen LogP contribution in [-0.4, -0.2) is 42.7 Å². The van der Waals surface area contributed by atoms with Crippen molar-refractivity contribution < 1.29 is 14.3 Å². The molecule has 10 heteroatoms. The number of hydrogen-bond acceptors (Lipinski definition) is 6. The first-order valence-corrected chi connectivity index (χ1v) is 13.1. The second-order valence-corrected chi connectivity index (χ2v) is 10.4. The van der Waals surface area contributed by atoms with Crippen LogP contribution < -0.4 is 16.6 Å². The van der Waals surface area contributed by atoms with Gasteiger partial charge in [-0.15, -0.1) is 0 Å². The topological polar surface area (TPSA) is 106 Å². The number of fused-ring (bicyclic) bond motifs is 1. The highest BCUT2D eigenvalue weighted by Gasteiger charge is 2.30. The van der Waals surface area contributed by atoms with Crippen molar-refractivity contribution in [3.05, 3.63) is 68.7 Å². The van der Waals surface area contributed by atoms with E-state index in [1.54, 1.807) is 22.8 Å². The third-order valence-electron chi connectivity index (χ3n) is 7.02. The number of carbonyl (C=O) groups excluding carboxylic acids is 1. The lowest BCUT2D eigenvalue weighted by atomic mass is 9.90. The van der Waals surface area contributed by atoms with Gasteiger partial charge in [-0.2, -0.15) is 11.8 Å². The average Bonchev–Trinajstić information content (AvgIpc) is 2.86. The number of aromatic hydroxyl groups is 1. The normalized spacial score (nSPS) is 21.2. The summed E-state index contributed by atoms with van der Waals surface area (Å²) in [5.41, 5.74) is -0.443. The number of benzene rings is 1. The molecule has 0 bridgehead atoms. The van der Waals surface area contributed by atoms with Crippen LogP contribution >= 0.6 is 11.8 Å². The van der Waals surface area contributed by atoms with E-state index in [2.05, 4.69) is 10.3 Å². The van der Waals surface area contributed by atoms with Gasteiger partial charge in [0.25, 0.3) is 11.5 Å². The van der Waals surface area contributed by atoms with Gasteiger partial charge in [0.15, 0.2) is 0 Å². The fourth-order valence-electron chi connectivity index (χ4n) is 5.21. The molecule has 2 aliphatic rings. The molecule has 184 valence electrons. The Bertz CT molecular complexity index is 1370. The van der Waals surface area contributed by atoms with Crippen LogP contribution in [0.5, 0.6) is 5.75 Å². The number of amides is 1. The minimum absolute atomic E-state index is 0.0785. The molecule has 0 spiro atoms. The molecule has 1 aromatic carbocycles. The van der Waals surface area contributed by atoms with Crippen molar-refractivity contribution >= 4 is 28.7 Å². The summed E-state index contributed by atoms with van der Waals surface area (Å²) in [6.45, 7) is 0. The monoisotopic (exact) mass is 498 g/mol. The number of phenolic OH excluding ortho intramolecular Hbond substituents is 1. The van der Waals surface area contributed by atoms with Gasteiger partial charge in [-0.05, 0) is 68.2 Å². The third kappa shape index (κ3) is 4.59. The molecule has 3 aromatic rings. The van der Waals surface area contributed by atoms with Crippen LogP contribution in [0.1, 0.15) is 61.0 Å². The maximum atomic E-state index is 14.0. The van der Waals surface area contributed by atoms with Gasteiger partial charge in [-0.1, -0.05) is 12.1 Å². The molecular weight excluding hydrogens is 471 g/mol. The minimum atomic E-state index is -0.610. The van der Waals surface area contributed by atoms with Crippen molar-refractivity contribution in [2.45, 2.75) is 56.7 Å². The second-order valence-electron chi connectivity index (χ2n) is 9.19. The van der Waals surface area contributed by atoms with Crippen LogP contribution in [-0.2, 0) is 0 Å². The van der Waals surface area contributed by atoms with Crippen LogP contribution in [0.15, 0.2) is 46.1 Å². The number of halogens is 1. The summed E-state index contributed by atoms with van der Waals surface area (Å²) in [7, 11) is 0. The van der Waals surface area contributed by atoms with Crippen LogP contribution in [0.3, 0.4) is 0 Å². The number of nitrogens with one attached hydrogen (secondary N) is 1. The van der Waals surface area contributed by atoms with E-state index in [4.69, 9.17) is 0 Å². The van der Waals surface area contributed by atoms with E-state index in [0.717, 1.165) is 30.5 Å². The zero-order valence-electron chi connectivity index (χ0n) is 19.2. The van der Waals surface area contributed by atoms with Crippen molar-refractivity contribution in [3.8, 4) is 5.75 Å². The molecule has 2 aromatic heterocycles. The molecule has 0 unspecified atom stereocenters. The van der Waals surface area contributed by atoms with E-state index in [-0.39, 0.29) is 52.1 Å². The SMILES string of the molecule is O=C(NC1CCC(n2c(=O)c3cc(F)cnc3n(C3CCSCC3)c2=O)CC1)c1ccccc1O. The summed E-state index contributed by atoms with van der Waals surface area (Å²) in [6, 6.07) is 6.98. The van der Waals surface area contributed by atoms with Crippen molar-refractivity contribution in [3.63, 3.8) is 0 Å². The molecule has 0 radical (unpaired) electrons. The predicted octanol–water partition coefficient (Wildman–Crippen LogP) is 3.38. The first-order valence-electron chi connectivity index (χ1n) is 11.9. The molecule has 1 aliphatic carbocycles. The Morgan fingerprint density at radius 3 is 2.43 bits per heavy atom. The van der Waals surface area contributed by atoms with Gasteiger partial charge in [-0.3, -0.25) is 18.7 Å². The van der Waals surface area contributed by atoms with Gasteiger partial charge in [0, 0.05) is 18.1 Å². The Morgan fingerprint density at radius 1 is 1.03 bits per heavy atom. The number of phenols is 1. The first kappa shape index (κ1) is 23.6. The summed E-state index contributed by atoms with van der Waals surface area (Å²) in [5.74, 6) is 0.792. The lowest BCUT2D eigenvalue weighted by Gasteiger charge is -2.31. The number of aromatic nitrogens is 3. The Kier molecular flexibility index (Phi) is 6.64. The van der Waals surface area contributed by atoms with E-state index in [1.165, 1.54) is 16.7 Å². The molecule has 0 atom stereocenters. The van der Waals surface area contributed by atoms with Gasteiger partial charge >= 0.3 is 5.69 Å². The Balaban J connectivity index is 1.42. The maximum Gasteiger partial charge on any atom is 0.333 e. The average molecular weight is 499 g/mol. The van der Waals surface area contributed by atoms with Crippen molar-refractivity contribution in [2.75, 3.05) is 11.5 Å². The fourth-order valence-corrected chi connectivity index (χ4v) is 6.29. The molecule has 1 saturated carbocycles. The molecular formula is C25H27FN4O4S. The molecule has 3 heterocycles. The van der Waals surface area contributed by atoms with E-state index in [1.807, 2.05) is 11.8 Å². The Morgan fingerprint density at radius 2 is 1.71 bits per heavy atom. The number of rotatable bonds is 4. The quantitative estimate of drug-likeness (QED) is 0.571. The van der Waals surface area contributed by atoms with E-state index >= 15 is 0 Å². The highest BCUT2D eigenvalue weighted by atomic mass is 32.2. The van der Waals surface area contributed by atoms with Gasteiger partial charge < -0.3 is 10.4 Å². The molecule has 1 aliphatic heterocycles. The van der Waals surface area contributed by atoms with Gasteiger partial charge in [0.2, 0.25) is 0 Å². The van der Waals surface area contributed by atoms with Crippen LogP contribution in [0.4, 0.5) is 4.39 Å². The van der Waals surface area contributed by atoms with Crippen molar-refractivity contribution in [1.29, 1.82) is 0 Å². The molecule has 35 heavy (non-hydrogen) atoms. The molecule has 1 amide bonds. The summed E-state index contributed by atoms with van der Waals surface area (Å²) in [5, 5.41) is 13.0. The number of thioether (sulfide) groups is 1. The summed E-state index contributed by atoms with van der Waals surface area (Å²) in [6.07, 6.45) is 4.85. The van der Waals surface area contributed by atoms with E-state index < -0.39 is 11.4 Å².